The molecule has 1 heterocycles. The van der Waals surface area contributed by atoms with Gasteiger partial charge >= 0.3 is 12.0 Å². The maximum absolute atomic E-state index is 10.7. The zero-order valence-electron chi connectivity index (χ0n) is 5.46. The van der Waals surface area contributed by atoms with E-state index in [4.69, 9.17) is 5.11 Å². The second-order valence-electron chi connectivity index (χ2n) is 2.11. The van der Waals surface area contributed by atoms with E-state index < -0.39 is 23.9 Å². The molecule has 0 aromatic carbocycles. The first-order valence-electron chi connectivity index (χ1n) is 2.93. The number of rotatable bonds is 2. The Morgan fingerprint density at radius 2 is 2.18 bits per heavy atom. The normalized spacial score (nSPS) is 22.7. The van der Waals surface area contributed by atoms with E-state index in [0.29, 0.717) is 0 Å². The number of hydrogen-bond acceptors (Lipinski definition) is 3. The van der Waals surface area contributed by atoms with Crippen LogP contribution in [-0.2, 0) is 9.59 Å². The summed E-state index contributed by atoms with van der Waals surface area (Å²) >= 11 is 0. The van der Waals surface area contributed by atoms with Crippen molar-refractivity contribution >= 4 is 17.9 Å². The molecule has 1 aliphatic rings. The molecule has 1 atom stereocenters. The molecule has 0 saturated carbocycles. The number of nitrogens with one attached hydrogen (secondary N) is 2. The van der Waals surface area contributed by atoms with Crippen LogP contribution in [0, 0.1) is 0 Å². The fourth-order valence-corrected chi connectivity index (χ4v) is 0.777. The van der Waals surface area contributed by atoms with Crippen molar-refractivity contribution in [1.29, 1.82) is 0 Å². The summed E-state index contributed by atoms with van der Waals surface area (Å²) in [5.74, 6) is -1.70. The molecule has 60 valence electrons. The number of urea groups is 1. The predicted molar refractivity (Wildman–Crippen MR) is 32.7 cm³/mol. The van der Waals surface area contributed by atoms with E-state index in [0.717, 1.165) is 0 Å². The van der Waals surface area contributed by atoms with Crippen molar-refractivity contribution in [2.75, 3.05) is 0 Å². The Morgan fingerprint density at radius 1 is 1.55 bits per heavy atom. The van der Waals surface area contributed by atoms with Gasteiger partial charge in [-0.25, -0.2) is 4.79 Å². The molecule has 0 aromatic rings. The topological polar surface area (TPSA) is 95.5 Å². The maximum Gasteiger partial charge on any atom is 0.322 e. The summed E-state index contributed by atoms with van der Waals surface area (Å²) in [7, 11) is 0. The third-order valence-electron chi connectivity index (χ3n) is 1.24. The van der Waals surface area contributed by atoms with Crippen LogP contribution >= 0.6 is 0 Å². The van der Waals surface area contributed by atoms with Crippen LogP contribution in [0.2, 0.25) is 0 Å². The first kappa shape index (κ1) is 7.52. The van der Waals surface area contributed by atoms with Gasteiger partial charge in [0.25, 0.3) is 5.91 Å². The number of amides is 3. The van der Waals surface area contributed by atoms with Gasteiger partial charge in [-0.05, 0) is 0 Å². The third kappa shape index (κ3) is 1.66. The van der Waals surface area contributed by atoms with Crippen LogP contribution < -0.4 is 10.6 Å². The monoisotopic (exact) mass is 158 g/mol. The molecule has 1 fully saturated rings. The van der Waals surface area contributed by atoms with E-state index in [9.17, 15) is 14.4 Å². The molecule has 1 saturated heterocycles. The molecule has 6 heteroatoms. The van der Waals surface area contributed by atoms with E-state index in [1.54, 1.807) is 0 Å². The Morgan fingerprint density at radius 3 is 2.55 bits per heavy atom. The van der Waals surface area contributed by atoms with Crippen LogP contribution in [0.25, 0.3) is 0 Å². The van der Waals surface area contributed by atoms with Crippen molar-refractivity contribution < 1.29 is 19.5 Å². The van der Waals surface area contributed by atoms with Crippen molar-refractivity contribution in [3.63, 3.8) is 0 Å². The molecule has 3 N–H and O–H groups in total. The number of aliphatic carboxylic acids is 1. The molecule has 0 spiro atoms. The molecule has 11 heavy (non-hydrogen) atoms. The Bertz CT molecular complexity index is 225. The van der Waals surface area contributed by atoms with E-state index in [-0.39, 0.29) is 6.42 Å². The summed E-state index contributed by atoms with van der Waals surface area (Å²) in [6.45, 7) is 0. The average Bonchev–Trinajstić information content (AvgIpc) is 2.09. The first-order chi connectivity index (χ1) is 5.09. The summed E-state index contributed by atoms with van der Waals surface area (Å²) in [5, 5.41) is 12.3. The number of carboxylic acids is 1. The highest BCUT2D eigenvalue weighted by molar-refractivity contribution is 6.05. The summed E-state index contributed by atoms with van der Waals surface area (Å²) in [4.78, 5) is 31.1. The fourth-order valence-electron chi connectivity index (χ4n) is 0.777. The Kier molecular flexibility index (Phi) is 1.75. The third-order valence-corrected chi connectivity index (χ3v) is 1.24. The highest BCUT2D eigenvalue weighted by Crippen LogP contribution is 1.97. The number of hydrogen-bond donors (Lipinski definition) is 3. The first-order valence-corrected chi connectivity index (χ1v) is 2.93. The molecular formula is C5H6N2O4. The number of carbonyl (C=O) groups is 3. The van der Waals surface area contributed by atoms with Crippen molar-refractivity contribution in [2.45, 2.75) is 12.5 Å². The van der Waals surface area contributed by atoms with Gasteiger partial charge in [-0.1, -0.05) is 0 Å². The largest absolute Gasteiger partial charge is 0.481 e. The van der Waals surface area contributed by atoms with E-state index in [1.165, 1.54) is 0 Å². The van der Waals surface area contributed by atoms with E-state index >= 15 is 0 Å². The number of carbonyl (C=O) groups excluding carboxylic acids is 2. The summed E-state index contributed by atoms with van der Waals surface area (Å²) in [6.07, 6.45) is -0.377. The van der Waals surface area contributed by atoms with Crippen LogP contribution in [0.15, 0.2) is 0 Å². The van der Waals surface area contributed by atoms with E-state index in [1.807, 2.05) is 5.32 Å². The average molecular weight is 158 g/mol. The lowest BCUT2D eigenvalue weighted by Crippen LogP contribution is -2.31. The van der Waals surface area contributed by atoms with Gasteiger partial charge in [0.2, 0.25) is 0 Å². The van der Waals surface area contributed by atoms with Crippen LogP contribution in [0.1, 0.15) is 6.42 Å². The molecule has 0 radical (unpaired) electrons. The lowest BCUT2D eigenvalue weighted by Gasteiger charge is -2.00. The van der Waals surface area contributed by atoms with Gasteiger partial charge in [0.05, 0.1) is 6.42 Å². The van der Waals surface area contributed by atoms with Gasteiger partial charge in [0.15, 0.2) is 0 Å². The summed E-state index contributed by atoms with van der Waals surface area (Å²) in [6, 6.07) is -1.55. The maximum atomic E-state index is 10.7. The van der Waals surface area contributed by atoms with Gasteiger partial charge < -0.3 is 10.4 Å². The second-order valence-corrected chi connectivity index (χ2v) is 2.11. The highest BCUT2D eigenvalue weighted by Gasteiger charge is 2.30. The lowest BCUT2D eigenvalue weighted by atomic mass is 10.2. The lowest BCUT2D eigenvalue weighted by molar-refractivity contribution is -0.139. The van der Waals surface area contributed by atoms with Gasteiger partial charge in [-0.15, -0.1) is 0 Å². The summed E-state index contributed by atoms with van der Waals surface area (Å²) < 4.78 is 0. The Hall–Kier alpha value is -1.59. The minimum atomic E-state index is -1.12. The second kappa shape index (κ2) is 2.57. The quantitative estimate of drug-likeness (QED) is 0.434. The van der Waals surface area contributed by atoms with Crippen LogP contribution in [0.3, 0.4) is 0 Å². The highest BCUT2D eigenvalue weighted by atomic mass is 16.4. The van der Waals surface area contributed by atoms with Gasteiger partial charge in [-0.2, -0.15) is 0 Å². The molecule has 0 unspecified atom stereocenters. The van der Waals surface area contributed by atoms with Crippen molar-refractivity contribution in [2.24, 2.45) is 0 Å². The standard InChI is InChI=1S/C5H6N2O4/c8-3(9)1-2-4(10)7-5(11)6-2/h2H,1H2,(H,8,9)(H2,6,7,10,11)/t2-/m0/s1. The zero-order valence-corrected chi connectivity index (χ0v) is 5.46. The van der Waals surface area contributed by atoms with Gasteiger partial charge in [-0.3, -0.25) is 14.9 Å². The fraction of sp³-hybridized carbons (Fsp3) is 0.400. The predicted octanol–water partition coefficient (Wildman–Crippen LogP) is -1.33. The molecule has 0 bridgehead atoms. The molecule has 0 aromatic heterocycles. The van der Waals surface area contributed by atoms with Gasteiger partial charge in [0.1, 0.15) is 6.04 Å². The Labute approximate surface area is 61.6 Å². The smallest absolute Gasteiger partial charge is 0.322 e. The molecule has 6 nitrogen and oxygen atoms in total. The molecular weight excluding hydrogens is 152 g/mol. The van der Waals surface area contributed by atoms with Crippen LogP contribution in [0.5, 0.6) is 0 Å². The number of carboxylic acid groups (broad SMARTS) is 1. The molecule has 1 aliphatic heterocycles. The van der Waals surface area contributed by atoms with Gasteiger partial charge in [0, 0.05) is 0 Å². The van der Waals surface area contributed by atoms with Crippen molar-refractivity contribution in [1.82, 2.24) is 10.6 Å². The Balaban J connectivity index is 2.53. The van der Waals surface area contributed by atoms with Crippen LogP contribution in [-0.4, -0.2) is 29.1 Å². The number of imide groups is 1. The SMILES string of the molecule is O=C(O)C[C@@H]1NC(=O)NC1=O. The van der Waals surface area contributed by atoms with Crippen molar-refractivity contribution in [3.05, 3.63) is 0 Å². The van der Waals surface area contributed by atoms with Crippen molar-refractivity contribution in [3.8, 4) is 0 Å². The summed E-state index contributed by atoms with van der Waals surface area (Å²) in [5.41, 5.74) is 0. The molecule has 1 rings (SSSR count). The minimum Gasteiger partial charge on any atom is -0.481 e. The molecule has 0 aliphatic carbocycles. The molecule has 3 amide bonds. The van der Waals surface area contributed by atoms with E-state index in [2.05, 4.69) is 5.32 Å². The minimum absolute atomic E-state index is 0.377. The zero-order chi connectivity index (χ0) is 8.43. The van der Waals surface area contributed by atoms with Crippen LogP contribution in [0.4, 0.5) is 4.79 Å².